The second-order valence-corrected chi connectivity index (χ2v) is 4.95. The van der Waals surface area contributed by atoms with E-state index in [4.69, 9.17) is 4.74 Å². The van der Waals surface area contributed by atoms with Crippen molar-refractivity contribution in [3.05, 3.63) is 27.9 Å². The van der Waals surface area contributed by atoms with Gasteiger partial charge in [0.25, 0.3) is 5.91 Å². The summed E-state index contributed by atoms with van der Waals surface area (Å²) in [5, 5.41) is 13.3. The minimum Gasteiger partial charge on any atom is -0.383 e. The Morgan fingerprint density at radius 1 is 1.67 bits per heavy atom. The van der Waals surface area contributed by atoms with Gasteiger partial charge in [-0.25, -0.2) is 4.57 Å². The Hall–Kier alpha value is -1.41. The normalized spacial score (nSPS) is 12.2. The quantitative estimate of drug-likeness (QED) is 0.483. The van der Waals surface area contributed by atoms with Crippen LogP contribution in [0.25, 0.3) is 0 Å². The smallest absolute Gasteiger partial charge is 0.323 e. The van der Waals surface area contributed by atoms with Crippen LogP contribution in [0.15, 0.2) is 12.1 Å². The second-order valence-electron chi connectivity index (χ2n) is 3.66. The third-order valence-corrected chi connectivity index (χ3v) is 2.93. The van der Waals surface area contributed by atoms with Crippen LogP contribution in [0.1, 0.15) is 10.5 Å². The number of methoxy groups -OCH3 is 1. The van der Waals surface area contributed by atoms with Gasteiger partial charge in [0.15, 0.2) is 5.69 Å². The maximum Gasteiger partial charge on any atom is 0.323 e. The number of carbonyl (C=O) groups excluding carboxylic acids is 1. The highest BCUT2D eigenvalue weighted by Gasteiger charge is 2.20. The predicted octanol–water partition coefficient (Wildman–Crippen LogP) is 1.07. The van der Waals surface area contributed by atoms with Gasteiger partial charge in [0, 0.05) is 19.7 Å². The molecule has 1 aromatic rings. The fraction of sp³-hybridized carbons (Fsp3) is 0.500. The molecule has 0 fully saturated rings. The monoisotopic (exact) mass is 319 g/mol. The van der Waals surface area contributed by atoms with Gasteiger partial charge in [0.2, 0.25) is 0 Å². The van der Waals surface area contributed by atoms with Gasteiger partial charge in [-0.2, -0.15) is 0 Å². The summed E-state index contributed by atoms with van der Waals surface area (Å²) in [6, 6.07) is 2.72. The maximum absolute atomic E-state index is 11.8. The summed E-state index contributed by atoms with van der Waals surface area (Å²) in [6.07, 6.45) is 0. The van der Waals surface area contributed by atoms with Crippen LogP contribution in [0.2, 0.25) is 0 Å². The average Bonchev–Trinajstić information content (AvgIpc) is 2.68. The molecule has 8 heteroatoms. The van der Waals surface area contributed by atoms with Gasteiger partial charge in [-0.3, -0.25) is 4.79 Å². The lowest BCUT2D eigenvalue weighted by molar-refractivity contribution is -0.391. The number of nitrogens with zero attached hydrogens (tertiary/aromatic N) is 2. The summed E-state index contributed by atoms with van der Waals surface area (Å²) >= 11 is 3.33. The van der Waals surface area contributed by atoms with Crippen LogP contribution in [-0.4, -0.2) is 40.5 Å². The van der Waals surface area contributed by atoms with Crippen molar-refractivity contribution >= 4 is 27.7 Å². The minimum absolute atomic E-state index is 0.00158. The molecule has 0 aromatic carbocycles. The van der Waals surface area contributed by atoms with E-state index in [0.29, 0.717) is 13.2 Å². The lowest BCUT2D eigenvalue weighted by atomic mass is 10.3. The zero-order valence-corrected chi connectivity index (χ0v) is 11.6. The number of hydrogen-bond acceptors (Lipinski definition) is 4. The van der Waals surface area contributed by atoms with Crippen molar-refractivity contribution in [2.45, 2.75) is 4.83 Å². The molecule has 1 N–H and O–H groups in total. The maximum atomic E-state index is 11.8. The van der Waals surface area contributed by atoms with Gasteiger partial charge in [0.05, 0.1) is 18.5 Å². The Balaban J connectivity index is 2.65. The lowest BCUT2D eigenvalue weighted by Gasteiger charge is -2.09. The van der Waals surface area contributed by atoms with Gasteiger partial charge in [-0.05, 0) is 11.0 Å². The van der Waals surface area contributed by atoms with E-state index in [0.717, 1.165) is 0 Å². The molecule has 0 spiro atoms. The molecule has 0 bridgehead atoms. The highest BCUT2D eigenvalue weighted by atomic mass is 79.9. The van der Waals surface area contributed by atoms with Crippen LogP contribution < -0.4 is 5.32 Å². The van der Waals surface area contributed by atoms with Crippen molar-refractivity contribution in [3.63, 3.8) is 0 Å². The van der Waals surface area contributed by atoms with Crippen LogP contribution in [-0.2, 0) is 11.8 Å². The third-order valence-electron chi connectivity index (χ3n) is 2.35. The highest BCUT2D eigenvalue weighted by molar-refractivity contribution is 9.09. The zero-order valence-electron chi connectivity index (χ0n) is 10.1. The number of aromatic nitrogens is 1. The molecule has 1 aromatic heterocycles. The first-order valence-electron chi connectivity index (χ1n) is 5.18. The fourth-order valence-corrected chi connectivity index (χ4v) is 1.87. The van der Waals surface area contributed by atoms with Gasteiger partial charge in [-0.1, -0.05) is 15.9 Å². The fourth-order valence-electron chi connectivity index (χ4n) is 1.45. The molecule has 7 nitrogen and oxygen atoms in total. The Bertz CT molecular complexity index is 446. The number of ether oxygens (including phenoxy) is 1. The van der Waals surface area contributed by atoms with E-state index in [1.807, 2.05) is 0 Å². The summed E-state index contributed by atoms with van der Waals surface area (Å²) in [6.45, 7) is 0.846. The Morgan fingerprint density at radius 2 is 2.33 bits per heavy atom. The molecular weight excluding hydrogens is 306 g/mol. The first kappa shape index (κ1) is 14.7. The number of nitrogens with one attached hydrogen (secondary N) is 1. The van der Waals surface area contributed by atoms with Crippen LogP contribution in [0.3, 0.4) is 0 Å². The van der Waals surface area contributed by atoms with E-state index in [-0.39, 0.29) is 22.2 Å². The molecule has 1 amide bonds. The molecular formula is C10H14BrN3O4. The van der Waals surface area contributed by atoms with Gasteiger partial charge >= 0.3 is 5.82 Å². The SMILES string of the molecule is COCC(Br)CNC(=O)c1ccc([N+](=O)[O-])n1C. The number of carbonyl (C=O) groups is 1. The molecule has 0 saturated carbocycles. The van der Waals surface area contributed by atoms with Crippen molar-refractivity contribution < 1.29 is 14.5 Å². The summed E-state index contributed by atoms with van der Waals surface area (Å²) in [5.74, 6) is -0.474. The number of alkyl halides is 1. The number of amides is 1. The molecule has 1 atom stereocenters. The van der Waals surface area contributed by atoms with Gasteiger partial charge in [0.1, 0.15) is 0 Å². The first-order valence-corrected chi connectivity index (χ1v) is 6.10. The van der Waals surface area contributed by atoms with Crippen molar-refractivity contribution in [3.8, 4) is 0 Å². The first-order chi connectivity index (χ1) is 8.47. The molecule has 1 heterocycles. The van der Waals surface area contributed by atoms with Crippen LogP contribution in [0, 0.1) is 10.1 Å². The molecule has 0 saturated heterocycles. The van der Waals surface area contributed by atoms with Crippen LogP contribution in [0.4, 0.5) is 5.82 Å². The van der Waals surface area contributed by atoms with E-state index < -0.39 is 4.92 Å². The Morgan fingerprint density at radius 3 is 2.83 bits per heavy atom. The summed E-state index contributed by atoms with van der Waals surface area (Å²) in [4.78, 5) is 21.9. The number of nitro groups is 1. The van der Waals surface area contributed by atoms with E-state index in [9.17, 15) is 14.9 Å². The largest absolute Gasteiger partial charge is 0.383 e. The third kappa shape index (κ3) is 3.54. The number of rotatable bonds is 6. The second kappa shape index (κ2) is 6.50. The van der Waals surface area contributed by atoms with E-state index in [1.54, 1.807) is 7.11 Å². The molecule has 18 heavy (non-hydrogen) atoms. The molecule has 0 aliphatic rings. The van der Waals surface area contributed by atoms with Crippen molar-refractivity contribution in [2.24, 2.45) is 7.05 Å². The van der Waals surface area contributed by atoms with Crippen molar-refractivity contribution in [1.82, 2.24) is 9.88 Å². The lowest BCUT2D eigenvalue weighted by Crippen LogP contribution is -2.32. The standard InChI is InChI=1S/C10H14BrN3O4/c1-13-8(3-4-9(13)14(16)17)10(15)12-5-7(11)6-18-2/h3-4,7H,5-6H2,1-2H3,(H,12,15). The zero-order chi connectivity index (χ0) is 13.7. The topological polar surface area (TPSA) is 86.4 Å². The summed E-state index contributed by atoms with van der Waals surface area (Å²) in [7, 11) is 3.05. The van der Waals surface area contributed by atoms with Gasteiger partial charge < -0.3 is 20.2 Å². The van der Waals surface area contributed by atoms with E-state index in [1.165, 1.54) is 23.7 Å². The molecule has 0 aliphatic carbocycles. The van der Waals surface area contributed by atoms with E-state index in [2.05, 4.69) is 21.2 Å². The average molecular weight is 320 g/mol. The van der Waals surface area contributed by atoms with Crippen molar-refractivity contribution in [2.75, 3.05) is 20.3 Å². The number of hydrogen-bond donors (Lipinski definition) is 1. The van der Waals surface area contributed by atoms with Gasteiger partial charge in [-0.15, -0.1) is 0 Å². The Labute approximate surface area is 112 Å². The van der Waals surface area contributed by atoms with Crippen molar-refractivity contribution in [1.29, 1.82) is 0 Å². The number of halogens is 1. The predicted molar refractivity (Wildman–Crippen MR) is 69.0 cm³/mol. The Kier molecular flexibility index (Phi) is 5.29. The molecule has 0 radical (unpaired) electrons. The highest BCUT2D eigenvalue weighted by Crippen LogP contribution is 2.14. The molecule has 100 valence electrons. The molecule has 1 unspecified atom stereocenters. The summed E-state index contributed by atoms with van der Waals surface area (Å²) < 4.78 is 6.15. The van der Waals surface area contributed by atoms with Crippen LogP contribution >= 0.6 is 15.9 Å². The minimum atomic E-state index is -0.533. The summed E-state index contributed by atoms with van der Waals surface area (Å²) in [5.41, 5.74) is 0.249. The van der Waals surface area contributed by atoms with E-state index >= 15 is 0 Å². The molecule has 0 aliphatic heterocycles. The molecule has 1 rings (SSSR count). The van der Waals surface area contributed by atoms with Crippen LogP contribution in [0.5, 0.6) is 0 Å².